The highest BCUT2D eigenvalue weighted by Gasteiger charge is 2.49. The fourth-order valence-corrected chi connectivity index (χ4v) is 5.34. The van der Waals surface area contributed by atoms with Gasteiger partial charge in [-0.15, -0.1) is 11.3 Å². The van der Waals surface area contributed by atoms with Gasteiger partial charge < -0.3 is 5.32 Å². The molecule has 1 aliphatic heterocycles. The summed E-state index contributed by atoms with van der Waals surface area (Å²) in [4.78, 5) is 30.4. The lowest BCUT2D eigenvalue weighted by Crippen LogP contribution is -2.64. The van der Waals surface area contributed by atoms with Gasteiger partial charge in [0, 0.05) is 12.2 Å². The molecule has 2 aromatic carbocycles. The lowest BCUT2D eigenvalue weighted by atomic mass is 9.92. The van der Waals surface area contributed by atoms with Crippen LogP contribution in [0.2, 0.25) is 0 Å². The van der Waals surface area contributed by atoms with E-state index in [1.165, 1.54) is 0 Å². The van der Waals surface area contributed by atoms with Gasteiger partial charge in [-0.05, 0) is 68.0 Å². The molecule has 2 aromatic heterocycles. The molecule has 4 aromatic rings. The molecule has 1 N–H and O–H groups in total. The Morgan fingerprint density at radius 3 is 2.60 bits per heavy atom. The van der Waals surface area contributed by atoms with Gasteiger partial charge in [0.1, 0.15) is 16.9 Å². The van der Waals surface area contributed by atoms with E-state index in [4.69, 9.17) is 5.10 Å². The van der Waals surface area contributed by atoms with E-state index >= 15 is 0 Å². The summed E-state index contributed by atoms with van der Waals surface area (Å²) in [7, 11) is 0. The standard InChI is InChI=1S/C28H28N4O2S/c1-18-7-5-8-21(13-18)16-29-27(34)28(4)17-31-24(15-22(30-31)25-9-6-12-35-25)26(33)32(28)23-14-19(2)10-11-20(23)3/h5-15H,16-17H2,1-4H3,(H,29,34). The first-order valence-electron chi connectivity index (χ1n) is 11.6. The van der Waals surface area contributed by atoms with E-state index in [9.17, 15) is 9.59 Å². The summed E-state index contributed by atoms with van der Waals surface area (Å²) < 4.78 is 1.69. The van der Waals surface area contributed by atoms with E-state index in [1.807, 2.05) is 87.7 Å². The SMILES string of the molecule is Cc1cccc(CNC(=O)C2(C)Cn3nc(-c4cccs4)cc3C(=O)N2c2cc(C)ccc2C)c1. The van der Waals surface area contributed by atoms with Gasteiger partial charge in [0.05, 0.1) is 11.4 Å². The third-order valence-corrected chi connectivity index (χ3v) is 7.45. The van der Waals surface area contributed by atoms with Crippen molar-refractivity contribution in [2.45, 2.75) is 46.3 Å². The van der Waals surface area contributed by atoms with Crippen LogP contribution in [-0.2, 0) is 17.9 Å². The highest BCUT2D eigenvalue weighted by Crippen LogP contribution is 2.36. The molecule has 3 heterocycles. The zero-order valence-electron chi connectivity index (χ0n) is 20.3. The summed E-state index contributed by atoms with van der Waals surface area (Å²) in [6.07, 6.45) is 0. The Hall–Kier alpha value is -3.71. The van der Waals surface area contributed by atoms with Crippen molar-refractivity contribution in [2.75, 3.05) is 4.90 Å². The molecule has 1 aliphatic rings. The minimum Gasteiger partial charge on any atom is -0.350 e. The second-order valence-electron chi connectivity index (χ2n) is 9.43. The molecule has 1 atom stereocenters. The molecule has 2 amide bonds. The molecule has 5 rings (SSSR count). The molecular weight excluding hydrogens is 456 g/mol. The smallest absolute Gasteiger partial charge is 0.277 e. The maximum Gasteiger partial charge on any atom is 0.277 e. The van der Waals surface area contributed by atoms with Crippen LogP contribution in [0.5, 0.6) is 0 Å². The van der Waals surface area contributed by atoms with E-state index in [0.717, 1.165) is 38.5 Å². The summed E-state index contributed by atoms with van der Waals surface area (Å²) in [6.45, 7) is 8.46. The van der Waals surface area contributed by atoms with Crippen LogP contribution in [0.15, 0.2) is 66.0 Å². The Kier molecular flexibility index (Phi) is 5.81. The van der Waals surface area contributed by atoms with Crippen molar-refractivity contribution < 1.29 is 9.59 Å². The molecule has 6 nitrogen and oxygen atoms in total. The number of hydrogen-bond acceptors (Lipinski definition) is 4. The molecule has 0 bridgehead atoms. The number of aryl methyl sites for hydroxylation is 3. The van der Waals surface area contributed by atoms with Crippen LogP contribution in [0, 0.1) is 20.8 Å². The van der Waals surface area contributed by atoms with Gasteiger partial charge in [-0.2, -0.15) is 5.10 Å². The van der Waals surface area contributed by atoms with E-state index in [1.54, 1.807) is 20.9 Å². The number of fused-ring (bicyclic) bond motifs is 1. The Bertz CT molecular complexity index is 1420. The monoisotopic (exact) mass is 484 g/mol. The minimum absolute atomic E-state index is 0.216. The molecule has 0 saturated carbocycles. The van der Waals surface area contributed by atoms with Crippen molar-refractivity contribution in [3.05, 3.63) is 94.0 Å². The molecule has 35 heavy (non-hydrogen) atoms. The summed E-state index contributed by atoms with van der Waals surface area (Å²) in [5.74, 6) is -0.444. The van der Waals surface area contributed by atoms with Crippen LogP contribution in [0.25, 0.3) is 10.6 Å². The van der Waals surface area contributed by atoms with Gasteiger partial charge in [0.15, 0.2) is 0 Å². The number of aromatic nitrogens is 2. The fraction of sp³-hybridized carbons (Fsp3) is 0.250. The van der Waals surface area contributed by atoms with Crippen molar-refractivity contribution >= 4 is 28.8 Å². The number of benzene rings is 2. The predicted molar refractivity (Wildman–Crippen MR) is 140 cm³/mol. The number of amides is 2. The summed E-state index contributed by atoms with van der Waals surface area (Å²) in [6, 6.07) is 19.8. The summed E-state index contributed by atoms with van der Waals surface area (Å²) in [5.41, 5.74) is 4.93. The third kappa shape index (κ3) is 4.17. The molecular formula is C28H28N4O2S. The van der Waals surface area contributed by atoms with Crippen LogP contribution < -0.4 is 10.2 Å². The first kappa shape index (κ1) is 23.1. The fourth-order valence-electron chi connectivity index (χ4n) is 4.66. The van der Waals surface area contributed by atoms with Crippen molar-refractivity contribution in [3.8, 4) is 10.6 Å². The first-order valence-corrected chi connectivity index (χ1v) is 12.5. The molecule has 7 heteroatoms. The van der Waals surface area contributed by atoms with Crippen LogP contribution in [0.4, 0.5) is 5.69 Å². The largest absolute Gasteiger partial charge is 0.350 e. The average Bonchev–Trinajstić information content (AvgIpc) is 3.50. The van der Waals surface area contributed by atoms with Crippen molar-refractivity contribution in [1.29, 1.82) is 0 Å². The second kappa shape index (κ2) is 8.82. The molecule has 0 fully saturated rings. The maximum atomic E-state index is 14.0. The van der Waals surface area contributed by atoms with Crippen molar-refractivity contribution in [3.63, 3.8) is 0 Å². The zero-order valence-corrected chi connectivity index (χ0v) is 21.1. The highest BCUT2D eigenvalue weighted by molar-refractivity contribution is 7.13. The number of rotatable bonds is 5. The lowest BCUT2D eigenvalue weighted by Gasteiger charge is -2.43. The highest BCUT2D eigenvalue weighted by atomic mass is 32.1. The van der Waals surface area contributed by atoms with Gasteiger partial charge in [-0.1, -0.05) is 48.0 Å². The lowest BCUT2D eigenvalue weighted by molar-refractivity contribution is -0.126. The molecule has 0 radical (unpaired) electrons. The zero-order chi connectivity index (χ0) is 24.7. The van der Waals surface area contributed by atoms with Crippen molar-refractivity contribution in [2.24, 2.45) is 0 Å². The first-order chi connectivity index (χ1) is 16.8. The van der Waals surface area contributed by atoms with Crippen LogP contribution in [0.3, 0.4) is 0 Å². The molecule has 0 saturated heterocycles. The number of nitrogens with one attached hydrogen (secondary N) is 1. The quantitative estimate of drug-likeness (QED) is 0.420. The molecule has 1 unspecified atom stereocenters. The van der Waals surface area contributed by atoms with Crippen molar-refractivity contribution in [1.82, 2.24) is 15.1 Å². The second-order valence-corrected chi connectivity index (χ2v) is 10.4. The van der Waals surface area contributed by atoms with E-state index in [2.05, 4.69) is 11.4 Å². The topological polar surface area (TPSA) is 67.2 Å². The van der Waals surface area contributed by atoms with E-state index in [-0.39, 0.29) is 18.4 Å². The Morgan fingerprint density at radius 1 is 1.06 bits per heavy atom. The van der Waals surface area contributed by atoms with E-state index in [0.29, 0.717) is 12.2 Å². The number of carbonyl (C=O) groups is 2. The number of carbonyl (C=O) groups excluding carboxylic acids is 2. The predicted octanol–water partition coefficient (Wildman–Crippen LogP) is 5.27. The van der Waals surface area contributed by atoms with Crippen LogP contribution >= 0.6 is 11.3 Å². The van der Waals surface area contributed by atoms with Gasteiger partial charge >= 0.3 is 0 Å². The third-order valence-electron chi connectivity index (χ3n) is 6.56. The normalized spacial score (nSPS) is 17.4. The Labute approximate surface area is 209 Å². The molecule has 0 spiro atoms. The summed E-state index contributed by atoms with van der Waals surface area (Å²) in [5, 5.41) is 9.79. The Balaban J connectivity index is 1.57. The van der Waals surface area contributed by atoms with Gasteiger partial charge in [-0.25, -0.2) is 0 Å². The number of nitrogens with zero attached hydrogens (tertiary/aromatic N) is 3. The maximum absolute atomic E-state index is 14.0. The van der Waals surface area contributed by atoms with Gasteiger partial charge in [0.2, 0.25) is 5.91 Å². The summed E-state index contributed by atoms with van der Waals surface area (Å²) >= 11 is 1.58. The minimum atomic E-state index is -1.16. The van der Waals surface area contributed by atoms with Gasteiger partial charge in [0.25, 0.3) is 5.91 Å². The molecule has 178 valence electrons. The van der Waals surface area contributed by atoms with Crippen LogP contribution in [-0.4, -0.2) is 27.1 Å². The average molecular weight is 485 g/mol. The van der Waals surface area contributed by atoms with Crippen LogP contribution in [0.1, 0.15) is 39.7 Å². The van der Waals surface area contributed by atoms with E-state index < -0.39 is 5.54 Å². The number of hydrogen-bond donors (Lipinski definition) is 1. The van der Waals surface area contributed by atoms with Gasteiger partial charge in [-0.3, -0.25) is 19.2 Å². The molecule has 0 aliphatic carbocycles. The number of anilines is 1. The number of thiophene rings is 1. The Morgan fingerprint density at radius 2 is 1.86 bits per heavy atom.